The van der Waals surface area contributed by atoms with Crippen LogP contribution in [-0.2, 0) is 4.79 Å². The molecule has 1 nitrogen and oxygen atoms in total. The normalized spacial score (nSPS) is 12.5. The van der Waals surface area contributed by atoms with Crippen LogP contribution in [0.1, 0.15) is 26.7 Å². The largest absolute Gasteiger partial charge is 0.282 e. The van der Waals surface area contributed by atoms with E-state index in [1.807, 2.05) is 12.2 Å². The summed E-state index contributed by atoms with van der Waals surface area (Å²) in [6.07, 6.45) is 7.92. The molecule has 0 amide bonds. The van der Waals surface area contributed by atoms with E-state index >= 15 is 0 Å². The van der Waals surface area contributed by atoms with Crippen molar-refractivity contribution in [2.24, 2.45) is 0 Å². The second-order valence-electron chi connectivity index (χ2n) is 2.37. The van der Waals surface area contributed by atoms with Gasteiger partial charge in [0.25, 0.3) is 0 Å². The first-order valence-electron chi connectivity index (χ1n) is 3.75. The maximum atomic E-state index is 10.6. The van der Waals surface area contributed by atoms with E-state index in [2.05, 4.69) is 19.6 Å². The molecule has 62 valence electrons. The van der Waals surface area contributed by atoms with Gasteiger partial charge in [-0.1, -0.05) is 31.6 Å². The van der Waals surface area contributed by atoms with Crippen LogP contribution in [0.25, 0.3) is 0 Å². The van der Waals surface area contributed by atoms with Crippen LogP contribution in [0.5, 0.6) is 0 Å². The van der Waals surface area contributed by atoms with Crippen LogP contribution in [0.4, 0.5) is 0 Å². The van der Waals surface area contributed by atoms with Crippen LogP contribution in [0.2, 0.25) is 0 Å². The van der Waals surface area contributed by atoms with Gasteiger partial charge in [-0.25, -0.2) is 0 Å². The van der Waals surface area contributed by atoms with E-state index in [0.717, 1.165) is 12.8 Å². The smallest absolute Gasteiger partial charge is 0.212 e. The predicted molar refractivity (Wildman–Crippen MR) is 51.8 cm³/mol. The zero-order valence-corrected chi connectivity index (χ0v) is 7.90. The predicted octanol–water partition coefficient (Wildman–Crippen LogP) is 2.75. The average Bonchev–Trinajstić information content (AvgIpc) is 1.97. The van der Waals surface area contributed by atoms with Gasteiger partial charge >= 0.3 is 0 Å². The first-order valence-corrected chi connectivity index (χ1v) is 4.20. The highest BCUT2D eigenvalue weighted by atomic mass is 32.1. The molecule has 0 aromatic heterocycles. The Morgan fingerprint density at radius 1 is 1.55 bits per heavy atom. The van der Waals surface area contributed by atoms with E-state index in [9.17, 15) is 4.79 Å². The van der Waals surface area contributed by atoms with Crippen LogP contribution in [0, 0.1) is 0 Å². The summed E-state index contributed by atoms with van der Waals surface area (Å²) in [4.78, 5) is 10.6. The highest BCUT2D eigenvalue weighted by Gasteiger charge is 1.92. The van der Waals surface area contributed by atoms with E-state index in [1.165, 1.54) is 0 Å². The Labute approximate surface area is 73.6 Å². The van der Waals surface area contributed by atoms with Gasteiger partial charge in [0, 0.05) is 5.57 Å². The zero-order valence-electron chi connectivity index (χ0n) is 7.00. The van der Waals surface area contributed by atoms with E-state index in [1.54, 1.807) is 13.0 Å². The number of hydrogen-bond acceptors (Lipinski definition) is 1. The third-order valence-electron chi connectivity index (χ3n) is 1.27. The highest BCUT2D eigenvalue weighted by molar-refractivity contribution is 7.97. The Bertz CT molecular complexity index is 180. The van der Waals surface area contributed by atoms with Crippen molar-refractivity contribution < 1.29 is 4.79 Å². The zero-order chi connectivity index (χ0) is 8.69. The molecule has 0 atom stereocenters. The second kappa shape index (κ2) is 6.23. The fourth-order valence-corrected chi connectivity index (χ4v) is 0.621. The van der Waals surface area contributed by atoms with Crippen molar-refractivity contribution in [1.82, 2.24) is 0 Å². The van der Waals surface area contributed by atoms with Crippen LogP contribution in [-0.4, -0.2) is 5.12 Å². The number of carbonyl (C=O) groups excluding carboxylic acids is 1. The number of carbonyl (C=O) groups is 1. The standard InChI is InChI=1S/C9H14OS/c1-3-4-5-6-7-8(2)9(10)11/h5-7H,3-4H2,1-2H3,(H,10,11). The summed E-state index contributed by atoms with van der Waals surface area (Å²) < 4.78 is 0. The van der Waals surface area contributed by atoms with E-state index in [4.69, 9.17) is 0 Å². The fourth-order valence-electron chi connectivity index (χ4n) is 0.547. The molecule has 0 aliphatic rings. The third kappa shape index (κ3) is 5.92. The maximum Gasteiger partial charge on any atom is 0.212 e. The first-order chi connectivity index (χ1) is 5.18. The molecule has 0 fully saturated rings. The van der Waals surface area contributed by atoms with Crippen molar-refractivity contribution in [3.8, 4) is 0 Å². The quantitative estimate of drug-likeness (QED) is 0.390. The number of thiol groups is 1. The van der Waals surface area contributed by atoms with Crippen molar-refractivity contribution in [2.75, 3.05) is 0 Å². The second-order valence-corrected chi connectivity index (χ2v) is 2.78. The summed E-state index contributed by atoms with van der Waals surface area (Å²) in [6, 6.07) is 0. The van der Waals surface area contributed by atoms with Gasteiger partial charge in [0.2, 0.25) is 5.12 Å². The number of allylic oxidation sites excluding steroid dienone is 3. The Balaban J connectivity index is 3.81. The van der Waals surface area contributed by atoms with Crippen LogP contribution in [0.3, 0.4) is 0 Å². The summed E-state index contributed by atoms with van der Waals surface area (Å²) >= 11 is 3.68. The molecule has 0 unspecified atom stereocenters. The molecule has 0 heterocycles. The van der Waals surface area contributed by atoms with Crippen molar-refractivity contribution >= 4 is 17.7 Å². The molecule has 2 heteroatoms. The molecule has 0 rings (SSSR count). The summed E-state index contributed by atoms with van der Waals surface area (Å²) in [5, 5.41) is -0.161. The van der Waals surface area contributed by atoms with Gasteiger partial charge in [0.1, 0.15) is 0 Å². The molecule has 0 aromatic carbocycles. The van der Waals surface area contributed by atoms with Crippen molar-refractivity contribution in [3.63, 3.8) is 0 Å². The number of unbranched alkanes of at least 4 members (excludes halogenated alkanes) is 1. The van der Waals surface area contributed by atoms with E-state index in [0.29, 0.717) is 5.57 Å². The van der Waals surface area contributed by atoms with Gasteiger partial charge < -0.3 is 0 Å². The van der Waals surface area contributed by atoms with Crippen molar-refractivity contribution in [3.05, 3.63) is 23.8 Å². The molecule has 0 spiro atoms. The summed E-state index contributed by atoms with van der Waals surface area (Å²) in [5.41, 5.74) is 0.681. The van der Waals surface area contributed by atoms with E-state index < -0.39 is 0 Å². The minimum atomic E-state index is -0.161. The maximum absolute atomic E-state index is 10.6. The van der Waals surface area contributed by atoms with Gasteiger partial charge in [0.15, 0.2) is 0 Å². The number of rotatable bonds is 4. The molecular weight excluding hydrogens is 156 g/mol. The molecule has 0 bridgehead atoms. The lowest BCUT2D eigenvalue weighted by Crippen LogP contribution is -1.85. The lowest BCUT2D eigenvalue weighted by molar-refractivity contribution is -0.107. The molecule has 0 aliphatic carbocycles. The SMILES string of the molecule is CCCC=CC=C(C)C(=O)S. The van der Waals surface area contributed by atoms with Gasteiger partial charge in [0.05, 0.1) is 0 Å². The van der Waals surface area contributed by atoms with Gasteiger partial charge in [-0.05, 0) is 13.3 Å². The lowest BCUT2D eigenvalue weighted by atomic mass is 10.2. The third-order valence-corrected chi connectivity index (χ3v) is 1.63. The molecule has 0 saturated carbocycles. The van der Waals surface area contributed by atoms with Gasteiger partial charge in [-0.3, -0.25) is 4.79 Å². The Kier molecular flexibility index (Phi) is 5.94. The van der Waals surface area contributed by atoms with Crippen LogP contribution in [0.15, 0.2) is 23.8 Å². The number of hydrogen-bond donors (Lipinski definition) is 1. The molecule has 0 saturated heterocycles. The van der Waals surface area contributed by atoms with Gasteiger partial charge in [-0.2, -0.15) is 0 Å². The van der Waals surface area contributed by atoms with E-state index in [-0.39, 0.29) is 5.12 Å². The molecular formula is C9H14OS. The monoisotopic (exact) mass is 170 g/mol. The molecule has 0 aliphatic heterocycles. The average molecular weight is 170 g/mol. The summed E-state index contributed by atoms with van der Waals surface area (Å²) in [5.74, 6) is 0. The van der Waals surface area contributed by atoms with Crippen molar-refractivity contribution in [1.29, 1.82) is 0 Å². The van der Waals surface area contributed by atoms with Crippen LogP contribution >= 0.6 is 12.6 Å². The highest BCUT2D eigenvalue weighted by Crippen LogP contribution is 1.98. The van der Waals surface area contributed by atoms with Crippen molar-refractivity contribution in [2.45, 2.75) is 26.7 Å². The fraction of sp³-hybridized carbons (Fsp3) is 0.444. The Morgan fingerprint density at radius 2 is 2.18 bits per heavy atom. The molecule has 0 N–H and O–H groups in total. The topological polar surface area (TPSA) is 17.1 Å². The minimum absolute atomic E-state index is 0.161. The lowest BCUT2D eigenvalue weighted by Gasteiger charge is -1.87. The van der Waals surface area contributed by atoms with Gasteiger partial charge in [-0.15, -0.1) is 12.6 Å². The minimum Gasteiger partial charge on any atom is -0.282 e. The molecule has 11 heavy (non-hydrogen) atoms. The first kappa shape index (κ1) is 10.5. The molecule has 0 radical (unpaired) electrons. The Hall–Kier alpha value is -0.500. The summed E-state index contributed by atoms with van der Waals surface area (Å²) in [7, 11) is 0. The van der Waals surface area contributed by atoms with Crippen LogP contribution < -0.4 is 0 Å². The molecule has 0 aromatic rings. The Morgan fingerprint density at radius 3 is 2.64 bits per heavy atom. The summed E-state index contributed by atoms with van der Waals surface area (Å²) in [6.45, 7) is 3.87.